The first-order chi connectivity index (χ1) is 9.54. The van der Waals surface area contributed by atoms with Gasteiger partial charge < -0.3 is 0 Å². The third-order valence-electron chi connectivity index (χ3n) is 2.58. The van der Waals surface area contributed by atoms with Gasteiger partial charge in [-0.15, -0.1) is 11.8 Å². The highest BCUT2D eigenvalue weighted by atomic mass is 35.5. The van der Waals surface area contributed by atoms with E-state index in [0.717, 1.165) is 4.90 Å². The quantitative estimate of drug-likeness (QED) is 0.715. The molecule has 0 saturated carbocycles. The van der Waals surface area contributed by atoms with Gasteiger partial charge in [0.25, 0.3) is 0 Å². The summed E-state index contributed by atoms with van der Waals surface area (Å²) in [4.78, 5) is 12.8. The first kappa shape index (κ1) is 15.4. The number of benzene rings is 2. The summed E-state index contributed by atoms with van der Waals surface area (Å²) in [5.74, 6) is -0.0798. The van der Waals surface area contributed by atoms with Gasteiger partial charge >= 0.3 is 0 Å². The number of hydrogen-bond acceptors (Lipinski definition) is 2. The van der Waals surface area contributed by atoms with E-state index in [-0.39, 0.29) is 17.2 Å². The molecule has 20 heavy (non-hydrogen) atoms. The maximum atomic E-state index is 13.0. The van der Waals surface area contributed by atoms with Crippen molar-refractivity contribution in [3.63, 3.8) is 0 Å². The zero-order valence-electron chi connectivity index (χ0n) is 10.4. The van der Waals surface area contributed by atoms with Gasteiger partial charge in [-0.1, -0.05) is 35.3 Å². The maximum Gasteiger partial charge on any atom is 0.147 e. The van der Waals surface area contributed by atoms with Crippen LogP contribution in [0.5, 0.6) is 0 Å². The van der Waals surface area contributed by atoms with Crippen LogP contribution in [-0.4, -0.2) is 11.5 Å². The molecule has 0 aliphatic rings. The molecule has 104 valence electrons. The molecule has 0 saturated heterocycles. The van der Waals surface area contributed by atoms with Crippen LogP contribution in [0.4, 0.5) is 4.39 Å². The minimum atomic E-state index is -0.476. The second-order valence-electron chi connectivity index (χ2n) is 4.21. The number of thioether (sulfide) groups is 1. The summed E-state index contributed by atoms with van der Waals surface area (Å²) in [7, 11) is 0. The van der Waals surface area contributed by atoms with Crippen LogP contribution in [0.25, 0.3) is 0 Å². The number of carbonyl (C=O) groups is 1. The molecule has 0 spiro atoms. The molecule has 0 atom stereocenters. The molecule has 2 aromatic carbocycles. The number of rotatable bonds is 5. The highest BCUT2D eigenvalue weighted by Gasteiger charge is 2.07. The van der Waals surface area contributed by atoms with Gasteiger partial charge in [0.05, 0.1) is 10.8 Å². The Morgan fingerprint density at radius 3 is 2.65 bits per heavy atom. The fraction of sp³-hybridized carbons (Fsp3) is 0.133. The van der Waals surface area contributed by atoms with Crippen molar-refractivity contribution in [3.8, 4) is 0 Å². The van der Waals surface area contributed by atoms with Crippen LogP contribution >= 0.6 is 35.0 Å². The first-order valence-corrected chi connectivity index (χ1v) is 7.63. The fourth-order valence-electron chi connectivity index (χ4n) is 1.65. The summed E-state index contributed by atoms with van der Waals surface area (Å²) >= 11 is 13.0. The Morgan fingerprint density at radius 1 is 1.15 bits per heavy atom. The van der Waals surface area contributed by atoms with Gasteiger partial charge in [-0.3, -0.25) is 4.79 Å². The number of ketones is 1. The van der Waals surface area contributed by atoms with Gasteiger partial charge in [0.1, 0.15) is 11.6 Å². The van der Waals surface area contributed by atoms with E-state index in [9.17, 15) is 9.18 Å². The molecule has 0 radical (unpaired) electrons. The van der Waals surface area contributed by atoms with Crippen molar-refractivity contribution >= 4 is 40.7 Å². The van der Waals surface area contributed by atoms with Crippen molar-refractivity contribution in [1.29, 1.82) is 0 Å². The van der Waals surface area contributed by atoms with E-state index in [0.29, 0.717) is 16.3 Å². The molecule has 1 nitrogen and oxygen atoms in total. The van der Waals surface area contributed by atoms with Gasteiger partial charge in [0.2, 0.25) is 0 Å². The normalized spacial score (nSPS) is 10.6. The lowest BCUT2D eigenvalue weighted by atomic mass is 10.1. The average molecular weight is 329 g/mol. The second-order valence-corrected chi connectivity index (χ2v) is 6.10. The van der Waals surface area contributed by atoms with E-state index < -0.39 is 5.82 Å². The minimum absolute atomic E-state index is 0.0396. The van der Waals surface area contributed by atoms with Gasteiger partial charge in [0.15, 0.2) is 0 Å². The van der Waals surface area contributed by atoms with E-state index >= 15 is 0 Å². The fourth-order valence-corrected chi connectivity index (χ4v) is 2.92. The smallest absolute Gasteiger partial charge is 0.147 e. The van der Waals surface area contributed by atoms with Crippen LogP contribution in [0.15, 0.2) is 47.4 Å². The monoisotopic (exact) mass is 328 g/mol. The Hall–Kier alpha value is -1.03. The summed E-state index contributed by atoms with van der Waals surface area (Å²) < 4.78 is 13.0. The Morgan fingerprint density at radius 2 is 1.95 bits per heavy atom. The average Bonchev–Trinajstić information content (AvgIpc) is 2.41. The molecule has 2 aromatic rings. The zero-order chi connectivity index (χ0) is 14.5. The molecule has 5 heteroatoms. The summed E-state index contributed by atoms with van der Waals surface area (Å²) in [5, 5.41) is 0.686. The maximum absolute atomic E-state index is 13.0. The number of hydrogen-bond donors (Lipinski definition) is 0. The number of carbonyl (C=O) groups excluding carboxylic acids is 1. The molecule has 0 unspecified atom stereocenters. The van der Waals surface area contributed by atoms with Crippen LogP contribution in [0, 0.1) is 5.82 Å². The van der Waals surface area contributed by atoms with Crippen molar-refractivity contribution < 1.29 is 9.18 Å². The Bertz CT molecular complexity index is 631. The predicted octanol–water partition coefficient (Wildman–Crippen LogP) is 5.04. The summed E-state index contributed by atoms with van der Waals surface area (Å²) in [5.41, 5.74) is 0.716. The van der Waals surface area contributed by atoms with Crippen LogP contribution < -0.4 is 0 Å². The van der Waals surface area contributed by atoms with Crippen molar-refractivity contribution in [2.24, 2.45) is 0 Å². The number of halogens is 3. The van der Waals surface area contributed by atoms with E-state index in [1.54, 1.807) is 12.1 Å². The molecule has 0 N–H and O–H groups in total. The third kappa shape index (κ3) is 4.51. The summed E-state index contributed by atoms with van der Waals surface area (Å²) in [6.07, 6.45) is 0.244. The molecule has 0 aromatic heterocycles. The number of Topliss-reactive ketones (excluding diaryl/α,β-unsaturated/α-hetero) is 1. The van der Waals surface area contributed by atoms with Gasteiger partial charge in [-0.05, 0) is 35.9 Å². The van der Waals surface area contributed by atoms with Crippen molar-refractivity contribution in [3.05, 3.63) is 63.9 Å². The lowest BCUT2D eigenvalue weighted by Crippen LogP contribution is -2.05. The largest absolute Gasteiger partial charge is 0.298 e. The Kier molecular flexibility index (Phi) is 5.46. The molecule has 0 aliphatic heterocycles. The molecule has 0 bridgehead atoms. The molecule has 0 amide bonds. The van der Waals surface area contributed by atoms with Crippen LogP contribution in [0.2, 0.25) is 10.0 Å². The van der Waals surface area contributed by atoms with Crippen LogP contribution in [-0.2, 0) is 11.2 Å². The highest BCUT2D eigenvalue weighted by Crippen LogP contribution is 2.22. The van der Waals surface area contributed by atoms with Gasteiger partial charge in [-0.25, -0.2) is 4.39 Å². The van der Waals surface area contributed by atoms with E-state index in [4.69, 9.17) is 23.2 Å². The standard InChI is InChI=1S/C15H11Cl2FOS/c16-11-2-1-3-13(8-11)20-9-12(19)6-10-4-5-15(18)14(17)7-10/h1-5,7-8H,6,9H2. The van der Waals surface area contributed by atoms with Gasteiger partial charge in [-0.2, -0.15) is 0 Å². The lowest BCUT2D eigenvalue weighted by Gasteiger charge is -2.03. The molecular weight excluding hydrogens is 318 g/mol. The van der Waals surface area contributed by atoms with Crippen molar-refractivity contribution in [2.75, 3.05) is 5.75 Å². The van der Waals surface area contributed by atoms with Crippen LogP contribution in [0.1, 0.15) is 5.56 Å². The zero-order valence-corrected chi connectivity index (χ0v) is 12.7. The molecule has 0 heterocycles. The van der Waals surface area contributed by atoms with E-state index in [1.165, 1.54) is 23.9 Å². The summed E-state index contributed by atoms with van der Waals surface area (Å²) in [6, 6.07) is 11.7. The predicted molar refractivity (Wildman–Crippen MR) is 82.3 cm³/mol. The topological polar surface area (TPSA) is 17.1 Å². The minimum Gasteiger partial charge on any atom is -0.298 e. The van der Waals surface area contributed by atoms with Crippen LogP contribution in [0.3, 0.4) is 0 Å². The van der Waals surface area contributed by atoms with E-state index in [1.807, 2.05) is 18.2 Å². The SMILES string of the molecule is O=C(CSc1cccc(Cl)c1)Cc1ccc(F)c(Cl)c1. The second kappa shape index (κ2) is 7.11. The molecular formula is C15H11Cl2FOS. The Labute approximate surface area is 131 Å². The van der Waals surface area contributed by atoms with Crippen molar-refractivity contribution in [2.45, 2.75) is 11.3 Å². The first-order valence-electron chi connectivity index (χ1n) is 5.88. The lowest BCUT2D eigenvalue weighted by molar-refractivity contribution is -0.116. The molecule has 2 rings (SSSR count). The van der Waals surface area contributed by atoms with Gasteiger partial charge in [0, 0.05) is 16.3 Å². The molecule has 0 fully saturated rings. The molecule has 0 aliphatic carbocycles. The Balaban J connectivity index is 1.91. The highest BCUT2D eigenvalue weighted by molar-refractivity contribution is 8.00. The summed E-state index contributed by atoms with van der Waals surface area (Å²) in [6.45, 7) is 0. The third-order valence-corrected chi connectivity index (χ3v) is 4.16. The van der Waals surface area contributed by atoms with Crippen molar-refractivity contribution in [1.82, 2.24) is 0 Å². The van der Waals surface area contributed by atoms with E-state index in [2.05, 4.69) is 0 Å².